The summed E-state index contributed by atoms with van der Waals surface area (Å²) in [5.41, 5.74) is 1.09. The summed E-state index contributed by atoms with van der Waals surface area (Å²) in [6.07, 6.45) is 5.78. The predicted octanol–water partition coefficient (Wildman–Crippen LogP) is 2.99. The third kappa shape index (κ3) is 7.52. The lowest BCUT2D eigenvalue weighted by Crippen LogP contribution is -2.39. The fourth-order valence-electron chi connectivity index (χ4n) is 2.81. The molecule has 0 bridgehead atoms. The van der Waals surface area contributed by atoms with E-state index in [2.05, 4.69) is 29.5 Å². The number of hydrogen-bond acceptors (Lipinski definition) is 3. The Morgan fingerprint density at radius 3 is 2.48 bits per heavy atom. The highest BCUT2D eigenvalue weighted by molar-refractivity contribution is 14.0. The Morgan fingerprint density at radius 2 is 1.92 bits per heavy atom. The van der Waals surface area contributed by atoms with Gasteiger partial charge in [-0.2, -0.15) is 0 Å². The number of nitrogens with zero attached hydrogens (tertiary/aromatic N) is 1. The number of aliphatic imine (C=N–C) groups is 1. The maximum Gasteiger partial charge on any atom is 0.191 e. The van der Waals surface area contributed by atoms with E-state index in [1.165, 1.54) is 25.5 Å². The van der Waals surface area contributed by atoms with Crippen LogP contribution in [0.4, 0.5) is 0 Å². The SMILES string of the molecule is CCCC1CC1NC(=NCCc1ccc(S(C)(=O)=O)cc1)NCC.I. The van der Waals surface area contributed by atoms with Crippen molar-refractivity contribution in [1.82, 2.24) is 10.6 Å². The first-order valence-electron chi connectivity index (χ1n) is 8.77. The molecule has 2 N–H and O–H groups in total. The van der Waals surface area contributed by atoms with Crippen molar-refractivity contribution >= 4 is 39.8 Å². The van der Waals surface area contributed by atoms with Gasteiger partial charge in [0.05, 0.1) is 4.90 Å². The van der Waals surface area contributed by atoms with E-state index >= 15 is 0 Å². The molecule has 1 aliphatic carbocycles. The molecule has 1 saturated carbocycles. The second kappa shape index (κ2) is 10.4. The van der Waals surface area contributed by atoms with Crippen molar-refractivity contribution in [2.24, 2.45) is 10.9 Å². The van der Waals surface area contributed by atoms with Crippen LogP contribution in [0.1, 0.15) is 38.7 Å². The van der Waals surface area contributed by atoms with Gasteiger partial charge in [-0.1, -0.05) is 25.5 Å². The third-order valence-corrected chi connectivity index (χ3v) is 5.40. The van der Waals surface area contributed by atoms with Crippen molar-refractivity contribution in [2.45, 2.75) is 50.5 Å². The van der Waals surface area contributed by atoms with E-state index in [4.69, 9.17) is 0 Å². The van der Waals surface area contributed by atoms with Gasteiger partial charge in [0, 0.05) is 25.4 Å². The van der Waals surface area contributed by atoms with Gasteiger partial charge in [-0.15, -0.1) is 24.0 Å². The van der Waals surface area contributed by atoms with Crippen molar-refractivity contribution in [3.63, 3.8) is 0 Å². The molecular formula is C18H30IN3O2S. The van der Waals surface area contributed by atoms with E-state index < -0.39 is 9.84 Å². The normalized spacial score (nSPS) is 19.9. The highest BCUT2D eigenvalue weighted by Gasteiger charge is 2.36. The van der Waals surface area contributed by atoms with Gasteiger partial charge in [0.15, 0.2) is 15.8 Å². The summed E-state index contributed by atoms with van der Waals surface area (Å²) in [6.45, 7) is 5.82. The number of nitrogens with one attached hydrogen (secondary N) is 2. The fraction of sp³-hybridized carbons (Fsp3) is 0.611. The Labute approximate surface area is 169 Å². The summed E-state index contributed by atoms with van der Waals surface area (Å²) < 4.78 is 22.9. The summed E-state index contributed by atoms with van der Waals surface area (Å²) in [5.74, 6) is 1.68. The largest absolute Gasteiger partial charge is 0.357 e. The smallest absolute Gasteiger partial charge is 0.191 e. The molecular weight excluding hydrogens is 449 g/mol. The van der Waals surface area contributed by atoms with Crippen molar-refractivity contribution in [1.29, 1.82) is 0 Å². The van der Waals surface area contributed by atoms with E-state index in [1.54, 1.807) is 12.1 Å². The number of sulfone groups is 1. The molecule has 1 fully saturated rings. The topological polar surface area (TPSA) is 70.6 Å². The van der Waals surface area contributed by atoms with Gasteiger partial charge in [0.1, 0.15) is 0 Å². The molecule has 2 unspecified atom stereocenters. The summed E-state index contributed by atoms with van der Waals surface area (Å²) >= 11 is 0. The zero-order valence-corrected chi connectivity index (χ0v) is 18.4. The van der Waals surface area contributed by atoms with Crippen LogP contribution in [0.2, 0.25) is 0 Å². The van der Waals surface area contributed by atoms with Crippen LogP contribution < -0.4 is 10.6 Å². The van der Waals surface area contributed by atoms with Crippen molar-refractivity contribution in [3.05, 3.63) is 29.8 Å². The Balaban J connectivity index is 0.00000312. The maximum atomic E-state index is 11.5. The lowest BCUT2D eigenvalue weighted by molar-refractivity contribution is 0.602. The number of halogens is 1. The Bertz CT molecular complexity index is 659. The molecule has 1 aromatic carbocycles. The van der Waals surface area contributed by atoms with E-state index in [0.717, 1.165) is 30.4 Å². The number of hydrogen-bond donors (Lipinski definition) is 2. The second-order valence-corrected chi connectivity index (χ2v) is 8.48. The number of benzene rings is 1. The fourth-order valence-corrected chi connectivity index (χ4v) is 3.44. The molecule has 0 amide bonds. The third-order valence-electron chi connectivity index (χ3n) is 4.27. The molecule has 2 rings (SSSR count). The van der Waals surface area contributed by atoms with Crippen LogP contribution in [-0.2, 0) is 16.3 Å². The molecule has 0 radical (unpaired) electrons. The van der Waals surface area contributed by atoms with Crippen LogP contribution in [0.5, 0.6) is 0 Å². The first kappa shape index (κ1) is 22.2. The van der Waals surface area contributed by atoms with Gasteiger partial charge in [-0.05, 0) is 49.8 Å². The van der Waals surface area contributed by atoms with Crippen molar-refractivity contribution in [2.75, 3.05) is 19.3 Å². The molecule has 0 saturated heterocycles. The van der Waals surface area contributed by atoms with Gasteiger partial charge in [0.25, 0.3) is 0 Å². The summed E-state index contributed by atoms with van der Waals surface area (Å²) in [5, 5.41) is 6.79. The average Bonchev–Trinajstić information content (AvgIpc) is 3.25. The quantitative estimate of drug-likeness (QED) is 0.342. The predicted molar refractivity (Wildman–Crippen MR) is 115 cm³/mol. The van der Waals surface area contributed by atoms with Gasteiger partial charge >= 0.3 is 0 Å². The standard InChI is InChI=1S/C18H29N3O2S.HI/c1-4-6-15-13-17(15)21-18(19-5-2)20-12-11-14-7-9-16(10-8-14)24(3,22)23;/h7-10,15,17H,4-6,11-13H2,1-3H3,(H2,19,20,21);1H. The highest BCUT2D eigenvalue weighted by atomic mass is 127. The number of rotatable bonds is 8. The molecule has 7 heteroatoms. The molecule has 25 heavy (non-hydrogen) atoms. The van der Waals surface area contributed by atoms with Crippen molar-refractivity contribution in [3.8, 4) is 0 Å². The Kier molecular flexibility index (Phi) is 9.20. The van der Waals surface area contributed by atoms with Gasteiger partial charge in [-0.25, -0.2) is 8.42 Å². The maximum absolute atomic E-state index is 11.5. The molecule has 0 aromatic heterocycles. The van der Waals surface area contributed by atoms with Crippen LogP contribution in [0, 0.1) is 5.92 Å². The monoisotopic (exact) mass is 479 g/mol. The molecule has 0 heterocycles. The Morgan fingerprint density at radius 1 is 1.24 bits per heavy atom. The summed E-state index contributed by atoms with van der Waals surface area (Å²) in [4.78, 5) is 4.99. The first-order chi connectivity index (χ1) is 11.4. The minimum absolute atomic E-state index is 0. The van der Waals surface area contributed by atoms with Crippen molar-refractivity contribution < 1.29 is 8.42 Å². The highest BCUT2D eigenvalue weighted by Crippen LogP contribution is 2.34. The zero-order chi connectivity index (χ0) is 17.6. The van der Waals surface area contributed by atoms with Crippen LogP contribution in [0.15, 0.2) is 34.2 Å². The minimum atomic E-state index is -3.13. The molecule has 1 aliphatic rings. The Hall–Kier alpha value is -0.830. The average molecular weight is 479 g/mol. The summed E-state index contributed by atoms with van der Waals surface area (Å²) in [7, 11) is -3.13. The van der Waals surface area contributed by atoms with E-state index in [0.29, 0.717) is 17.5 Å². The molecule has 1 aromatic rings. The van der Waals surface area contributed by atoms with E-state index in [-0.39, 0.29) is 24.0 Å². The van der Waals surface area contributed by atoms with Gasteiger partial charge in [-0.3, -0.25) is 4.99 Å². The first-order valence-corrected chi connectivity index (χ1v) is 10.7. The van der Waals surface area contributed by atoms with Crippen LogP contribution in [0.25, 0.3) is 0 Å². The molecule has 142 valence electrons. The molecule has 0 spiro atoms. The van der Waals surface area contributed by atoms with Crippen LogP contribution >= 0.6 is 24.0 Å². The van der Waals surface area contributed by atoms with Gasteiger partial charge in [0.2, 0.25) is 0 Å². The molecule has 2 atom stereocenters. The zero-order valence-electron chi connectivity index (χ0n) is 15.3. The van der Waals surface area contributed by atoms with Crippen LogP contribution in [-0.4, -0.2) is 39.8 Å². The molecule has 0 aliphatic heterocycles. The minimum Gasteiger partial charge on any atom is -0.357 e. The summed E-state index contributed by atoms with van der Waals surface area (Å²) in [6, 6.07) is 7.63. The van der Waals surface area contributed by atoms with Gasteiger partial charge < -0.3 is 10.6 Å². The van der Waals surface area contributed by atoms with E-state index in [9.17, 15) is 8.42 Å². The molecule has 5 nitrogen and oxygen atoms in total. The van der Waals surface area contributed by atoms with Crippen LogP contribution in [0.3, 0.4) is 0 Å². The van der Waals surface area contributed by atoms with E-state index in [1.807, 2.05) is 12.1 Å². The second-order valence-electron chi connectivity index (χ2n) is 6.46. The lowest BCUT2D eigenvalue weighted by Gasteiger charge is -2.11. The lowest BCUT2D eigenvalue weighted by atomic mass is 10.1. The number of guanidine groups is 1.